The largest absolute Gasteiger partial charge is 0.380 e. The molecule has 18 heavy (non-hydrogen) atoms. The fourth-order valence-corrected chi connectivity index (χ4v) is 3.68. The standard InChI is InChI=1S/C8H21NO7P2/c1-2-3-4-5-9-6-7(17(11,12)13)8(10)18(14,15)16/h7-10H,2-6H2,1H3,(H2,11,12,13)(H2,14,15,16). The molecule has 8 nitrogen and oxygen atoms in total. The summed E-state index contributed by atoms with van der Waals surface area (Å²) < 4.78 is 21.9. The molecule has 0 amide bonds. The molecule has 0 aliphatic heterocycles. The molecule has 0 aromatic carbocycles. The van der Waals surface area contributed by atoms with Gasteiger partial charge in [0.05, 0.1) is 0 Å². The first-order chi connectivity index (χ1) is 8.10. The topological polar surface area (TPSA) is 147 Å². The van der Waals surface area contributed by atoms with Gasteiger partial charge in [0.15, 0.2) is 5.85 Å². The second-order valence-corrected chi connectivity index (χ2v) is 7.62. The molecule has 0 saturated carbocycles. The third kappa shape index (κ3) is 6.97. The summed E-state index contributed by atoms with van der Waals surface area (Å²) in [4.78, 5) is 35.5. The number of nitrogens with one attached hydrogen (secondary N) is 1. The van der Waals surface area contributed by atoms with Crippen molar-refractivity contribution in [2.24, 2.45) is 0 Å². The highest BCUT2D eigenvalue weighted by molar-refractivity contribution is 7.57. The van der Waals surface area contributed by atoms with Crippen molar-refractivity contribution in [1.82, 2.24) is 5.32 Å². The van der Waals surface area contributed by atoms with Crippen molar-refractivity contribution in [1.29, 1.82) is 0 Å². The van der Waals surface area contributed by atoms with Crippen LogP contribution in [0.4, 0.5) is 0 Å². The second kappa shape index (κ2) is 7.72. The molecule has 2 atom stereocenters. The first-order valence-electron chi connectivity index (χ1n) is 5.60. The highest BCUT2D eigenvalue weighted by atomic mass is 31.2. The first kappa shape index (κ1) is 18.2. The van der Waals surface area contributed by atoms with Crippen molar-refractivity contribution < 1.29 is 33.8 Å². The second-order valence-electron chi connectivity index (χ2n) is 4.07. The zero-order valence-electron chi connectivity index (χ0n) is 10.1. The molecule has 0 aromatic heterocycles. The van der Waals surface area contributed by atoms with Crippen molar-refractivity contribution in [2.75, 3.05) is 13.1 Å². The van der Waals surface area contributed by atoms with Crippen LogP contribution < -0.4 is 5.32 Å². The smallest absolute Gasteiger partial charge is 0.354 e. The Morgan fingerprint density at radius 1 is 1.06 bits per heavy atom. The molecule has 0 aliphatic carbocycles. The minimum Gasteiger partial charge on any atom is -0.380 e. The first-order valence-corrected chi connectivity index (χ1v) is 8.96. The lowest BCUT2D eigenvalue weighted by atomic mass is 10.2. The van der Waals surface area contributed by atoms with Gasteiger partial charge in [-0.15, -0.1) is 0 Å². The summed E-state index contributed by atoms with van der Waals surface area (Å²) >= 11 is 0. The minimum atomic E-state index is -4.95. The summed E-state index contributed by atoms with van der Waals surface area (Å²) in [6.45, 7) is 2.12. The number of hydrogen-bond acceptors (Lipinski definition) is 4. The molecule has 0 rings (SSSR count). The van der Waals surface area contributed by atoms with E-state index in [1.54, 1.807) is 0 Å². The molecule has 0 aliphatic rings. The van der Waals surface area contributed by atoms with Crippen LogP contribution in [0.5, 0.6) is 0 Å². The number of rotatable bonds is 9. The van der Waals surface area contributed by atoms with E-state index in [9.17, 15) is 14.2 Å². The van der Waals surface area contributed by atoms with Crippen LogP contribution in [0.2, 0.25) is 0 Å². The van der Waals surface area contributed by atoms with Crippen LogP contribution in [-0.2, 0) is 9.13 Å². The molecule has 6 N–H and O–H groups in total. The van der Waals surface area contributed by atoms with Gasteiger partial charge in [-0.2, -0.15) is 0 Å². The minimum absolute atomic E-state index is 0.347. The van der Waals surface area contributed by atoms with Crippen LogP contribution >= 0.6 is 15.2 Å². The molecule has 2 unspecified atom stereocenters. The molecule has 0 fully saturated rings. The summed E-state index contributed by atoms with van der Waals surface area (Å²) in [7, 11) is -9.74. The van der Waals surface area contributed by atoms with E-state index in [0.29, 0.717) is 6.54 Å². The monoisotopic (exact) mass is 305 g/mol. The highest BCUT2D eigenvalue weighted by Crippen LogP contribution is 2.52. The SMILES string of the molecule is CCCCCNCC(C(O)P(=O)(O)O)P(=O)(O)O. The molecule has 110 valence electrons. The van der Waals surface area contributed by atoms with Gasteiger partial charge in [0, 0.05) is 6.54 Å². The average Bonchev–Trinajstić information content (AvgIpc) is 2.19. The maximum atomic E-state index is 11.1. The maximum Gasteiger partial charge on any atom is 0.354 e. The van der Waals surface area contributed by atoms with Gasteiger partial charge in [-0.05, 0) is 13.0 Å². The lowest BCUT2D eigenvalue weighted by Gasteiger charge is -2.24. The Kier molecular flexibility index (Phi) is 7.82. The van der Waals surface area contributed by atoms with Crippen LogP contribution in [0.3, 0.4) is 0 Å². The van der Waals surface area contributed by atoms with E-state index >= 15 is 0 Å². The van der Waals surface area contributed by atoms with Crippen molar-refractivity contribution in [3.8, 4) is 0 Å². The number of unbranched alkanes of at least 4 members (excludes halogenated alkanes) is 2. The Morgan fingerprint density at radius 2 is 1.61 bits per heavy atom. The molecule has 0 spiro atoms. The van der Waals surface area contributed by atoms with E-state index in [2.05, 4.69) is 5.32 Å². The molecule has 0 aromatic rings. The molecule has 0 saturated heterocycles. The fraction of sp³-hybridized carbons (Fsp3) is 1.00. The Morgan fingerprint density at radius 3 is 2.00 bits per heavy atom. The normalized spacial score (nSPS) is 16.6. The summed E-state index contributed by atoms with van der Waals surface area (Å²) in [5, 5.41) is 12.0. The predicted octanol–water partition coefficient (Wildman–Crippen LogP) is -0.191. The molecule has 10 heteroatoms. The van der Waals surface area contributed by atoms with Crippen molar-refractivity contribution in [3.63, 3.8) is 0 Å². The Labute approximate surface area is 106 Å². The third-order valence-corrected chi connectivity index (χ3v) is 5.04. The molecule has 0 heterocycles. The van der Waals surface area contributed by atoms with Gasteiger partial charge >= 0.3 is 15.2 Å². The Hall–Kier alpha value is 0.220. The summed E-state index contributed by atoms with van der Waals surface area (Å²) in [5.74, 6) is -2.36. The summed E-state index contributed by atoms with van der Waals surface area (Å²) in [6, 6.07) is 0. The maximum absolute atomic E-state index is 11.1. The van der Waals surface area contributed by atoms with Crippen molar-refractivity contribution in [2.45, 2.75) is 37.7 Å². The quantitative estimate of drug-likeness (QED) is 0.254. The van der Waals surface area contributed by atoms with Crippen LogP contribution in [0.25, 0.3) is 0 Å². The van der Waals surface area contributed by atoms with E-state index in [0.717, 1.165) is 19.3 Å². The molecule has 0 bridgehead atoms. The van der Waals surface area contributed by atoms with Crippen molar-refractivity contribution in [3.05, 3.63) is 0 Å². The van der Waals surface area contributed by atoms with Gasteiger partial charge in [-0.25, -0.2) is 0 Å². The lowest BCUT2D eigenvalue weighted by Crippen LogP contribution is -2.36. The van der Waals surface area contributed by atoms with Gasteiger partial charge in [0.1, 0.15) is 5.66 Å². The zero-order valence-corrected chi connectivity index (χ0v) is 11.9. The van der Waals surface area contributed by atoms with Gasteiger partial charge in [-0.1, -0.05) is 19.8 Å². The highest BCUT2D eigenvalue weighted by Gasteiger charge is 2.43. The van der Waals surface area contributed by atoms with Crippen LogP contribution in [0.1, 0.15) is 26.2 Å². The number of aliphatic hydroxyl groups is 1. The van der Waals surface area contributed by atoms with E-state index < -0.39 is 26.7 Å². The van der Waals surface area contributed by atoms with Crippen LogP contribution in [-0.4, -0.2) is 49.3 Å². The van der Waals surface area contributed by atoms with Gasteiger partial charge in [0.2, 0.25) is 0 Å². The fourth-order valence-electron chi connectivity index (χ4n) is 1.37. The van der Waals surface area contributed by atoms with Crippen molar-refractivity contribution >= 4 is 15.2 Å². The lowest BCUT2D eigenvalue weighted by molar-refractivity contribution is 0.183. The van der Waals surface area contributed by atoms with E-state index in [1.165, 1.54) is 0 Å². The zero-order chi connectivity index (χ0) is 14.4. The number of hydrogen-bond donors (Lipinski definition) is 6. The van der Waals surface area contributed by atoms with E-state index in [-0.39, 0.29) is 6.54 Å². The van der Waals surface area contributed by atoms with Gasteiger partial charge < -0.3 is 30.0 Å². The van der Waals surface area contributed by atoms with E-state index in [4.69, 9.17) is 19.6 Å². The summed E-state index contributed by atoms with van der Waals surface area (Å²) in [6.07, 6.45) is 2.71. The van der Waals surface area contributed by atoms with E-state index in [1.807, 2.05) is 6.92 Å². The Balaban J connectivity index is 4.45. The van der Waals surface area contributed by atoms with Crippen LogP contribution in [0, 0.1) is 0 Å². The Bertz CT molecular complexity index is 325. The predicted molar refractivity (Wildman–Crippen MR) is 66.3 cm³/mol. The average molecular weight is 305 g/mol. The summed E-state index contributed by atoms with van der Waals surface area (Å²) in [5.41, 5.74) is -1.81. The van der Waals surface area contributed by atoms with Crippen LogP contribution in [0.15, 0.2) is 0 Å². The third-order valence-electron chi connectivity index (χ3n) is 2.43. The molecular weight excluding hydrogens is 284 g/mol. The van der Waals surface area contributed by atoms with Gasteiger partial charge in [-0.3, -0.25) is 9.13 Å². The molecular formula is C8H21NO7P2. The number of aliphatic hydroxyl groups excluding tert-OH is 1. The van der Waals surface area contributed by atoms with Gasteiger partial charge in [0.25, 0.3) is 0 Å². The molecule has 0 radical (unpaired) electrons.